The van der Waals surface area contributed by atoms with Gasteiger partial charge in [-0.3, -0.25) is 0 Å². The third kappa shape index (κ3) is 2.98. The van der Waals surface area contributed by atoms with Crippen molar-refractivity contribution in [2.75, 3.05) is 7.11 Å². The Balaban J connectivity index is 2.35. The van der Waals surface area contributed by atoms with Gasteiger partial charge in [-0.25, -0.2) is 0 Å². The van der Waals surface area contributed by atoms with Gasteiger partial charge in [0.1, 0.15) is 0 Å². The Kier molecular flexibility index (Phi) is 4.15. The Labute approximate surface area is 107 Å². The van der Waals surface area contributed by atoms with Gasteiger partial charge in [-0.05, 0) is 28.2 Å². The molecule has 2 N–H and O–H groups in total. The third-order valence-electron chi connectivity index (χ3n) is 2.76. The van der Waals surface area contributed by atoms with Gasteiger partial charge >= 0.3 is 7.12 Å². The fourth-order valence-corrected chi connectivity index (χ4v) is 1.89. The minimum atomic E-state index is -1.44. The van der Waals surface area contributed by atoms with E-state index < -0.39 is 7.12 Å². The lowest BCUT2D eigenvalue weighted by molar-refractivity contribution is 0.185. The molecule has 0 radical (unpaired) electrons. The van der Waals surface area contributed by atoms with Crippen LogP contribution in [0.4, 0.5) is 0 Å². The lowest BCUT2D eigenvalue weighted by Crippen LogP contribution is -2.29. The van der Waals surface area contributed by atoms with Crippen LogP contribution in [0.3, 0.4) is 0 Å². The van der Waals surface area contributed by atoms with Gasteiger partial charge in [0, 0.05) is 7.11 Å². The van der Waals surface area contributed by atoms with Crippen LogP contribution >= 0.6 is 0 Å². The zero-order valence-corrected chi connectivity index (χ0v) is 10.2. The molecule has 18 heavy (non-hydrogen) atoms. The average Bonchev–Trinajstić information content (AvgIpc) is 2.39. The van der Waals surface area contributed by atoms with Gasteiger partial charge in [-0.1, -0.05) is 42.5 Å². The van der Waals surface area contributed by atoms with E-state index >= 15 is 0 Å². The fraction of sp³-hybridized carbons (Fsp3) is 0.143. The molecule has 92 valence electrons. The van der Waals surface area contributed by atoms with Crippen molar-refractivity contribution in [1.82, 2.24) is 0 Å². The quantitative estimate of drug-likeness (QED) is 0.791. The van der Waals surface area contributed by atoms with E-state index in [4.69, 9.17) is 14.8 Å². The summed E-state index contributed by atoms with van der Waals surface area (Å²) in [5, 5.41) is 18.3. The van der Waals surface area contributed by atoms with E-state index in [1.54, 1.807) is 19.2 Å². The van der Waals surface area contributed by atoms with Crippen LogP contribution in [0.5, 0.6) is 0 Å². The summed E-state index contributed by atoms with van der Waals surface area (Å²) in [5.74, 6) is 0. The van der Waals surface area contributed by atoms with E-state index in [2.05, 4.69) is 0 Å². The van der Waals surface area contributed by atoms with E-state index in [1.807, 2.05) is 36.4 Å². The van der Waals surface area contributed by atoms with Crippen molar-refractivity contribution in [3.05, 3.63) is 54.1 Å². The molecule has 0 unspecified atom stereocenters. The van der Waals surface area contributed by atoms with E-state index in [-0.39, 0.29) is 0 Å². The molecule has 2 aromatic rings. The van der Waals surface area contributed by atoms with Crippen molar-refractivity contribution in [1.29, 1.82) is 0 Å². The lowest BCUT2D eigenvalue weighted by atomic mass is 9.79. The predicted molar refractivity (Wildman–Crippen MR) is 72.4 cm³/mol. The molecule has 0 aliphatic heterocycles. The second-order valence-corrected chi connectivity index (χ2v) is 4.13. The summed E-state index contributed by atoms with van der Waals surface area (Å²) in [6.45, 7) is 0.566. The van der Waals surface area contributed by atoms with Crippen LogP contribution in [-0.2, 0) is 11.3 Å². The molecule has 0 heterocycles. The van der Waals surface area contributed by atoms with E-state index in [0.29, 0.717) is 12.1 Å². The summed E-state index contributed by atoms with van der Waals surface area (Å²) < 4.78 is 5.10. The molecular weight excluding hydrogens is 227 g/mol. The molecule has 0 aliphatic rings. The van der Waals surface area contributed by atoms with Gasteiger partial charge in [0.15, 0.2) is 0 Å². The topological polar surface area (TPSA) is 49.7 Å². The van der Waals surface area contributed by atoms with Crippen molar-refractivity contribution in [3.8, 4) is 11.1 Å². The van der Waals surface area contributed by atoms with Crippen molar-refractivity contribution in [3.63, 3.8) is 0 Å². The molecule has 2 rings (SSSR count). The summed E-state index contributed by atoms with van der Waals surface area (Å²) in [5.41, 5.74) is 3.57. The maximum Gasteiger partial charge on any atom is 0.488 e. The maximum absolute atomic E-state index is 9.17. The molecule has 3 nitrogen and oxygen atoms in total. The number of benzene rings is 2. The second-order valence-electron chi connectivity index (χ2n) is 4.13. The van der Waals surface area contributed by atoms with Gasteiger partial charge in [0.25, 0.3) is 0 Å². The van der Waals surface area contributed by atoms with Gasteiger partial charge in [0.2, 0.25) is 0 Å². The Morgan fingerprint density at radius 3 is 2.33 bits per heavy atom. The van der Waals surface area contributed by atoms with Crippen molar-refractivity contribution in [2.45, 2.75) is 6.61 Å². The van der Waals surface area contributed by atoms with Crippen molar-refractivity contribution in [2.24, 2.45) is 0 Å². The van der Waals surface area contributed by atoms with Gasteiger partial charge in [0.05, 0.1) is 6.61 Å². The van der Waals surface area contributed by atoms with Crippen LogP contribution in [0, 0.1) is 0 Å². The Bertz CT molecular complexity index is 526. The summed E-state index contributed by atoms with van der Waals surface area (Å²) in [6.07, 6.45) is 0. The highest BCUT2D eigenvalue weighted by Gasteiger charge is 2.11. The zero-order chi connectivity index (χ0) is 13.0. The first-order valence-corrected chi connectivity index (χ1v) is 5.75. The molecule has 0 bridgehead atoms. The van der Waals surface area contributed by atoms with E-state index in [9.17, 15) is 0 Å². The minimum Gasteiger partial charge on any atom is -0.423 e. The summed E-state index contributed by atoms with van der Waals surface area (Å²) >= 11 is 0. The molecule has 0 saturated carbocycles. The molecule has 2 aromatic carbocycles. The number of hydrogen-bond acceptors (Lipinski definition) is 3. The highest BCUT2D eigenvalue weighted by Crippen LogP contribution is 2.19. The highest BCUT2D eigenvalue weighted by atomic mass is 16.5. The molecule has 0 amide bonds. The monoisotopic (exact) mass is 242 g/mol. The van der Waals surface area contributed by atoms with Gasteiger partial charge in [-0.2, -0.15) is 0 Å². The Morgan fingerprint density at radius 2 is 1.67 bits per heavy atom. The zero-order valence-electron chi connectivity index (χ0n) is 10.2. The summed E-state index contributed by atoms with van der Waals surface area (Å²) in [6, 6.07) is 15.2. The number of ether oxygens (including phenoxy) is 1. The smallest absolute Gasteiger partial charge is 0.423 e. The molecule has 0 spiro atoms. The van der Waals surface area contributed by atoms with Gasteiger partial charge in [-0.15, -0.1) is 0 Å². The predicted octanol–water partition coefficient (Wildman–Crippen LogP) is 1.18. The largest absolute Gasteiger partial charge is 0.488 e. The van der Waals surface area contributed by atoms with E-state index in [0.717, 1.165) is 16.7 Å². The SMILES string of the molecule is COCc1cccc(-c2cccc(B(O)O)c2)c1. The van der Waals surface area contributed by atoms with Crippen LogP contribution in [0.15, 0.2) is 48.5 Å². The normalized spacial score (nSPS) is 10.4. The standard InChI is InChI=1S/C14H15BO3/c1-18-10-11-4-2-5-12(8-11)13-6-3-7-14(9-13)15(16)17/h2-9,16-17H,10H2,1H3. The molecule has 0 aromatic heterocycles. The average molecular weight is 242 g/mol. The third-order valence-corrected chi connectivity index (χ3v) is 2.76. The molecule has 0 atom stereocenters. The Morgan fingerprint density at radius 1 is 1.00 bits per heavy atom. The molecule has 4 heteroatoms. The van der Waals surface area contributed by atoms with Crippen LogP contribution in [0.1, 0.15) is 5.56 Å². The first-order chi connectivity index (χ1) is 8.70. The summed E-state index contributed by atoms with van der Waals surface area (Å²) in [7, 11) is 0.224. The van der Waals surface area contributed by atoms with Crippen LogP contribution in [0.25, 0.3) is 11.1 Å². The Hall–Kier alpha value is -1.62. The number of rotatable bonds is 4. The van der Waals surface area contributed by atoms with Crippen LogP contribution in [0.2, 0.25) is 0 Å². The van der Waals surface area contributed by atoms with Crippen LogP contribution < -0.4 is 5.46 Å². The maximum atomic E-state index is 9.17. The van der Waals surface area contributed by atoms with E-state index in [1.165, 1.54) is 0 Å². The number of methoxy groups -OCH3 is 1. The second kappa shape index (κ2) is 5.82. The van der Waals surface area contributed by atoms with Crippen molar-refractivity contribution < 1.29 is 14.8 Å². The molecular formula is C14H15BO3. The first-order valence-electron chi connectivity index (χ1n) is 5.75. The van der Waals surface area contributed by atoms with Crippen LogP contribution in [-0.4, -0.2) is 24.3 Å². The fourth-order valence-electron chi connectivity index (χ4n) is 1.89. The lowest BCUT2D eigenvalue weighted by Gasteiger charge is -2.07. The molecule has 0 fully saturated rings. The highest BCUT2D eigenvalue weighted by molar-refractivity contribution is 6.58. The number of hydrogen-bond donors (Lipinski definition) is 2. The van der Waals surface area contributed by atoms with Crippen molar-refractivity contribution >= 4 is 12.6 Å². The first kappa shape index (κ1) is 12.8. The molecule has 0 saturated heterocycles. The molecule has 0 aliphatic carbocycles. The van der Waals surface area contributed by atoms with Gasteiger partial charge < -0.3 is 14.8 Å². The summed E-state index contributed by atoms with van der Waals surface area (Å²) in [4.78, 5) is 0. The minimum absolute atomic E-state index is 0.490.